The highest BCUT2D eigenvalue weighted by Crippen LogP contribution is 2.32. The summed E-state index contributed by atoms with van der Waals surface area (Å²) in [6.07, 6.45) is 0.600. The molecule has 3 atom stereocenters. The van der Waals surface area contributed by atoms with Gasteiger partial charge in [-0.2, -0.15) is 5.16 Å². The van der Waals surface area contributed by atoms with E-state index in [0.29, 0.717) is 25.3 Å². The van der Waals surface area contributed by atoms with Crippen LogP contribution in [-0.4, -0.2) is 39.4 Å². The van der Waals surface area contributed by atoms with Gasteiger partial charge in [0.05, 0.1) is 16.1 Å². The Hall–Kier alpha value is -3.20. The van der Waals surface area contributed by atoms with E-state index in [9.17, 15) is 14.4 Å². The number of carbonyl (C=O) groups excluding carboxylic acids is 2. The van der Waals surface area contributed by atoms with Crippen molar-refractivity contribution < 1.29 is 14.1 Å². The fourth-order valence-corrected chi connectivity index (χ4v) is 5.37. The Morgan fingerprint density at radius 1 is 1.29 bits per heavy atom. The topological polar surface area (TPSA) is 108 Å². The standard InChI is InChI=1S/C25H30N4O4S/c1-14(2)22(20-10-21(30)28-33-20)25(32)29-12-15(3)9-19(29)24(31)26-11-17-5-7-18(8-6-17)23-16(4)27-13-34-23/h5-8,10,13-15,19,22H,9,11-12H2,1-4H3,(H,26,31)(H,28,30)/t15-,19+,22?/m1/s1. The fraction of sp³-hybridized carbons (Fsp3) is 0.440. The largest absolute Gasteiger partial charge is 0.383 e. The van der Waals surface area contributed by atoms with Gasteiger partial charge in [-0.15, -0.1) is 11.3 Å². The summed E-state index contributed by atoms with van der Waals surface area (Å²) < 4.78 is 5.25. The molecule has 0 bridgehead atoms. The highest BCUT2D eigenvalue weighted by Gasteiger charge is 2.42. The maximum Gasteiger partial charge on any atom is 0.280 e. The number of hydrogen-bond donors (Lipinski definition) is 2. The van der Waals surface area contributed by atoms with Crippen molar-refractivity contribution in [2.24, 2.45) is 11.8 Å². The third-order valence-electron chi connectivity index (χ3n) is 6.31. The molecule has 2 N–H and O–H groups in total. The molecule has 2 aromatic heterocycles. The average Bonchev–Trinajstić information content (AvgIpc) is 3.52. The maximum atomic E-state index is 13.5. The van der Waals surface area contributed by atoms with Gasteiger partial charge in [-0.25, -0.2) is 4.98 Å². The van der Waals surface area contributed by atoms with E-state index in [1.54, 1.807) is 16.2 Å². The number of hydrogen-bond acceptors (Lipinski definition) is 6. The van der Waals surface area contributed by atoms with Gasteiger partial charge < -0.3 is 14.7 Å². The zero-order valence-electron chi connectivity index (χ0n) is 19.8. The summed E-state index contributed by atoms with van der Waals surface area (Å²) in [5, 5.41) is 5.26. The second-order valence-electron chi connectivity index (χ2n) is 9.37. The van der Waals surface area contributed by atoms with E-state index in [4.69, 9.17) is 4.52 Å². The van der Waals surface area contributed by atoms with E-state index in [1.807, 2.05) is 57.5 Å². The minimum atomic E-state index is -0.623. The lowest BCUT2D eigenvalue weighted by Crippen LogP contribution is -2.47. The van der Waals surface area contributed by atoms with Crippen LogP contribution >= 0.6 is 11.3 Å². The van der Waals surface area contributed by atoms with Crippen molar-refractivity contribution in [3.63, 3.8) is 0 Å². The molecule has 1 saturated heterocycles. The number of amides is 2. The van der Waals surface area contributed by atoms with Crippen LogP contribution in [0.5, 0.6) is 0 Å². The van der Waals surface area contributed by atoms with Crippen LogP contribution in [-0.2, 0) is 16.1 Å². The smallest absolute Gasteiger partial charge is 0.280 e. The van der Waals surface area contributed by atoms with Crippen LogP contribution in [0.15, 0.2) is 45.2 Å². The molecule has 9 heteroatoms. The average molecular weight is 483 g/mol. The predicted molar refractivity (Wildman–Crippen MR) is 130 cm³/mol. The third-order valence-corrected chi connectivity index (χ3v) is 7.28. The minimum Gasteiger partial charge on any atom is -0.383 e. The highest BCUT2D eigenvalue weighted by molar-refractivity contribution is 7.13. The van der Waals surface area contributed by atoms with Gasteiger partial charge in [0.15, 0.2) is 5.76 Å². The molecule has 0 radical (unpaired) electrons. The fourth-order valence-electron chi connectivity index (χ4n) is 4.56. The van der Waals surface area contributed by atoms with Crippen LogP contribution < -0.4 is 10.9 Å². The second-order valence-corrected chi connectivity index (χ2v) is 10.2. The SMILES string of the molecule is Cc1ncsc1-c1ccc(CNC(=O)[C@@H]2C[C@@H](C)CN2C(=O)C(c2cc(=O)[nH]o2)C(C)C)cc1. The van der Waals surface area contributed by atoms with Gasteiger partial charge in [0.25, 0.3) is 5.56 Å². The Bertz CT molecular complexity index is 1210. The molecule has 180 valence electrons. The van der Waals surface area contributed by atoms with E-state index in [2.05, 4.69) is 15.5 Å². The van der Waals surface area contributed by atoms with Crippen molar-refractivity contribution in [1.82, 2.24) is 20.4 Å². The molecule has 34 heavy (non-hydrogen) atoms. The van der Waals surface area contributed by atoms with Gasteiger partial charge >= 0.3 is 0 Å². The molecule has 3 aromatic rings. The summed E-state index contributed by atoms with van der Waals surface area (Å²) >= 11 is 1.61. The predicted octanol–water partition coefficient (Wildman–Crippen LogP) is 3.69. The van der Waals surface area contributed by atoms with Crippen LogP contribution in [0.3, 0.4) is 0 Å². The number of nitrogens with one attached hydrogen (secondary N) is 2. The Morgan fingerprint density at radius 2 is 2.03 bits per heavy atom. The van der Waals surface area contributed by atoms with Gasteiger partial charge in [-0.3, -0.25) is 14.4 Å². The number of benzene rings is 1. The van der Waals surface area contributed by atoms with Crippen LogP contribution in [0.25, 0.3) is 10.4 Å². The van der Waals surface area contributed by atoms with Crippen molar-refractivity contribution in [1.29, 1.82) is 0 Å². The molecule has 4 rings (SSSR count). The van der Waals surface area contributed by atoms with Gasteiger partial charge in [0.2, 0.25) is 11.8 Å². The number of nitrogens with zero attached hydrogens (tertiary/aromatic N) is 2. The van der Waals surface area contributed by atoms with Crippen molar-refractivity contribution in [3.05, 3.63) is 63.2 Å². The van der Waals surface area contributed by atoms with E-state index in [1.165, 1.54) is 6.07 Å². The normalized spacial score (nSPS) is 18.9. The third kappa shape index (κ3) is 4.99. The summed E-state index contributed by atoms with van der Waals surface area (Å²) in [7, 11) is 0. The highest BCUT2D eigenvalue weighted by atomic mass is 32.1. The van der Waals surface area contributed by atoms with E-state index < -0.39 is 12.0 Å². The summed E-state index contributed by atoms with van der Waals surface area (Å²) in [4.78, 5) is 45.2. The van der Waals surface area contributed by atoms with Gasteiger partial charge in [0, 0.05) is 19.2 Å². The van der Waals surface area contributed by atoms with Crippen molar-refractivity contribution >= 4 is 23.2 Å². The first-order valence-corrected chi connectivity index (χ1v) is 12.4. The van der Waals surface area contributed by atoms with Crippen molar-refractivity contribution in [2.75, 3.05) is 6.54 Å². The molecule has 0 saturated carbocycles. The van der Waals surface area contributed by atoms with Crippen LogP contribution in [0.4, 0.5) is 0 Å². The monoisotopic (exact) mass is 482 g/mol. The zero-order valence-corrected chi connectivity index (χ0v) is 20.6. The van der Waals surface area contributed by atoms with E-state index in [-0.39, 0.29) is 29.2 Å². The molecule has 1 unspecified atom stereocenters. The summed E-state index contributed by atoms with van der Waals surface area (Å²) in [5.74, 6) is -0.564. The first-order chi connectivity index (χ1) is 16.2. The molecule has 0 aliphatic carbocycles. The van der Waals surface area contributed by atoms with Crippen LogP contribution in [0.2, 0.25) is 0 Å². The summed E-state index contributed by atoms with van der Waals surface area (Å²) in [6.45, 7) is 8.71. The molecule has 3 heterocycles. The molecule has 1 aromatic carbocycles. The molecule has 1 fully saturated rings. The Labute approximate surface area is 202 Å². The van der Waals surface area contributed by atoms with E-state index in [0.717, 1.165) is 21.7 Å². The number of aromatic nitrogens is 2. The van der Waals surface area contributed by atoms with Crippen LogP contribution in [0.1, 0.15) is 50.1 Å². The van der Waals surface area contributed by atoms with Crippen LogP contribution in [0, 0.1) is 18.8 Å². The molecule has 2 amide bonds. The van der Waals surface area contributed by atoms with Gasteiger partial charge in [-0.1, -0.05) is 45.0 Å². The van der Waals surface area contributed by atoms with Gasteiger partial charge in [0.1, 0.15) is 12.0 Å². The minimum absolute atomic E-state index is 0.0910. The quantitative estimate of drug-likeness (QED) is 0.534. The number of likely N-dealkylation sites (tertiary alicyclic amines) is 1. The molecule has 8 nitrogen and oxygen atoms in total. The lowest BCUT2D eigenvalue weighted by Gasteiger charge is -2.29. The molecule has 0 spiro atoms. The number of rotatable bonds is 7. The van der Waals surface area contributed by atoms with Crippen molar-refractivity contribution in [3.8, 4) is 10.4 Å². The second kappa shape index (κ2) is 9.97. The van der Waals surface area contributed by atoms with Crippen molar-refractivity contribution in [2.45, 2.75) is 52.6 Å². The Kier molecular flexibility index (Phi) is 7.02. The first kappa shape index (κ1) is 23.9. The molecular weight excluding hydrogens is 452 g/mol. The summed E-state index contributed by atoms with van der Waals surface area (Å²) in [5.41, 5.74) is 4.55. The van der Waals surface area contributed by atoms with E-state index >= 15 is 0 Å². The molecule has 1 aliphatic heterocycles. The summed E-state index contributed by atoms with van der Waals surface area (Å²) in [6, 6.07) is 8.83. The maximum absolute atomic E-state index is 13.5. The lowest BCUT2D eigenvalue weighted by molar-refractivity contribution is -0.140. The number of carbonyl (C=O) groups is 2. The number of thiazole rings is 1. The lowest BCUT2D eigenvalue weighted by atomic mass is 9.91. The van der Waals surface area contributed by atoms with Gasteiger partial charge in [-0.05, 0) is 36.3 Å². The molecular formula is C25H30N4O4S. The Morgan fingerprint density at radius 3 is 2.62 bits per heavy atom. The Balaban J connectivity index is 1.44. The number of H-pyrrole nitrogens is 1. The first-order valence-electron chi connectivity index (χ1n) is 11.5. The number of aromatic amines is 1. The molecule has 1 aliphatic rings. The zero-order chi connectivity index (χ0) is 24.4. The number of aryl methyl sites for hydroxylation is 1.